The van der Waals surface area contributed by atoms with Gasteiger partial charge < -0.3 is 15.0 Å². The SMILES string of the molecule is CCCNC1CCN(CC2CCCCO2)CC1C. The van der Waals surface area contributed by atoms with Gasteiger partial charge >= 0.3 is 0 Å². The molecule has 0 aliphatic carbocycles. The molecule has 3 nitrogen and oxygen atoms in total. The standard InChI is InChI=1S/C15H30N2O/c1-3-8-16-15-7-9-17(11-13(15)2)12-14-6-4-5-10-18-14/h13-16H,3-12H2,1-2H3. The molecule has 2 rings (SSSR count). The second-order valence-corrected chi connectivity index (χ2v) is 6.07. The zero-order valence-corrected chi connectivity index (χ0v) is 12.2. The second kappa shape index (κ2) is 7.46. The van der Waals surface area contributed by atoms with Gasteiger partial charge in [0.05, 0.1) is 6.10 Å². The number of likely N-dealkylation sites (tertiary alicyclic amines) is 1. The molecule has 0 aromatic heterocycles. The van der Waals surface area contributed by atoms with Crippen LogP contribution in [0, 0.1) is 5.92 Å². The van der Waals surface area contributed by atoms with Crippen molar-refractivity contribution in [1.82, 2.24) is 10.2 Å². The van der Waals surface area contributed by atoms with E-state index < -0.39 is 0 Å². The fourth-order valence-electron chi connectivity index (χ4n) is 3.27. The van der Waals surface area contributed by atoms with Crippen LogP contribution in [0.3, 0.4) is 0 Å². The van der Waals surface area contributed by atoms with Crippen LogP contribution in [0.2, 0.25) is 0 Å². The Morgan fingerprint density at radius 1 is 1.28 bits per heavy atom. The third-order valence-corrected chi connectivity index (χ3v) is 4.38. The van der Waals surface area contributed by atoms with Crippen molar-refractivity contribution in [3.63, 3.8) is 0 Å². The fraction of sp³-hybridized carbons (Fsp3) is 1.00. The van der Waals surface area contributed by atoms with E-state index in [0.717, 1.165) is 25.1 Å². The van der Waals surface area contributed by atoms with Crippen molar-refractivity contribution >= 4 is 0 Å². The Labute approximate surface area is 112 Å². The third kappa shape index (κ3) is 4.22. The smallest absolute Gasteiger partial charge is 0.0702 e. The minimum atomic E-state index is 0.506. The molecule has 0 spiro atoms. The maximum atomic E-state index is 5.85. The summed E-state index contributed by atoms with van der Waals surface area (Å²) >= 11 is 0. The molecule has 0 saturated carbocycles. The van der Waals surface area contributed by atoms with Crippen LogP contribution in [0.15, 0.2) is 0 Å². The predicted octanol–water partition coefficient (Wildman–Crippen LogP) is 2.27. The molecule has 1 N–H and O–H groups in total. The maximum absolute atomic E-state index is 5.85. The van der Waals surface area contributed by atoms with Crippen molar-refractivity contribution in [2.45, 2.75) is 58.1 Å². The summed E-state index contributed by atoms with van der Waals surface area (Å²) in [6.45, 7) is 10.4. The summed E-state index contributed by atoms with van der Waals surface area (Å²) in [4.78, 5) is 2.62. The summed E-state index contributed by atoms with van der Waals surface area (Å²) in [5.41, 5.74) is 0. The molecule has 2 aliphatic heterocycles. The Balaban J connectivity index is 1.70. The first-order chi connectivity index (χ1) is 8.79. The van der Waals surface area contributed by atoms with Gasteiger partial charge in [0.2, 0.25) is 0 Å². The highest BCUT2D eigenvalue weighted by Gasteiger charge is 2.27. The Morgan fingerprint density at radius 3 is 2.83 bits per heavy atom. The number of hydrogen-bond donors (Lipinski definition) is 1. The van der Waals surface area contributed by atoms with Gasteiger partial charge in [0.25, 0.3) is 0 Å². The van der Waals surface area contributed by atoms with E-state index in [9.17, 15) is 0 Å². The summed E-state index contributed by atoms with van der Waals surface area (Å²) in [5, 5.41) is 3.69. The summed E-state index contributed by atoms with van der Waals surface area (Å²) in [7, 11) is 0. The van der Waals surface area contributed by atoms with E-state index in [2.05, 4.69) is 24.1 Å². The van der Waals surface area contributed by atoms with Crippen molar-refractivity contribution in [2.75, 3.05) is 32.8 Å². The van der Waals surface area contributed by atoms with Gasteiger partial charge in [-0.25, -0.2) is 0 Å². The molecule has 2 heterocycles. The lowest BCUT2D eigenvalue weighted by Crippen LogP contribution is -2.50. The molecule has 18 heavy (non-hydrogen) atoms. The largest absolute Gasteiger partial charge is 0.377 e. The Bertz CT molecular complexity index is 229. The van der Waals surface area contributed by atoms with E-state index in [1.54, 1.807) is 0 Å². The highest BCUT2D eigenvalue weighted by atomic mass is 16.5. The zero-order chi connectivity index (χ0) is 12.8. The Hall–Kier alpha value is -0.120. The molecule has 2 aliphatic rings. The molecule has 0 aromatic rings. The van der Waals surface area contributed by atoms with Gasteiger partial charge in [-0.1, -0.05) is 13.8 Å². The van der Waals surface area contributed by atoms with Crippen LogP contribution in [-0.2, 0) is 4.74 Å². The predicted molar refractivity (Wildman–Crippen MR) is 75.9 cm³/mol. The van der Waals surface area contributed by atoms with Crippen LogP contribution < -0.4 is 5.32 Å². The van der Waals surface area contributed by atoms with Gasteiger partial charge in [-0.2, -0.15) is 0 Å². The molecule has 3 atom stereocenters. The molecular formula is C15H30N2O. The van der Waals surface area contributed by atoms with Crippen molar-refractivity contribution < 1.29 is 4.74 Å². The van der Waals surface area contributed by atoms with Crippen LogP contribution in [0.25, 0.3) is 0 Å². The molecule has 0 aromatic carbocycles. The lowest BCUT2D eigenvalue weighted by Gasteiger charge is -2.39. The van der Waals surface area contributed by atoms with E-state index in [4.69, 9.17) is 4.74 Å². The first-order valence-electron chi connectivity index (χ1n) is 7.87. The highest BCUT2D eigenvalue weighted by Crippen LogP contribution is 2.20. The molecule has 0 amide bonds. The molecular weight excluding hydrogens is 224 g/mol. The summed E-state index contributed by atoms with van der Waals surface area (Å²) in [6, 6.07) is 0.730. The Morgan fingerprint density at radius 2 is 2.17 bits per heavy atom. The lowest BCUT2D eigenvalue weighted by atomic mass is 9.93. The number of nitrogens with one attached hydrogen (secondary N) is 1. The van der Waals surface area contributed by atoms with Gasteiger partial charge in [0.1, 0.15) is 0 Å². The third-order valence-electron chi connectivity index (χ3n) is 4.38. The Kier molecular flexibility index (Phi) is 5.93. The summed E-state index contributed by atoms with van der Waals surface area (Å²) < 4.78 is 5.85. The molecule has 2 saturated heterocycles. The molecule has 3 unspecified atom stereocenters. The fourth-order valence-corrected chi connectivity index (χ4v) is 3.27. The summed E-state index contributed by atoms with van der Waals surface area (Å²) in [6.07, 6.45) is 6.93. The minimum absolute atomic E-state index is 0.506. The van der Waals surface area contributed by atoms with Crippen LogP contribution in [0.1, 0.15) is 46.0 Å². The van der Waals surface area contributed by atoms with Crippen molar-refractivity contribution in [1.29, 1.82) is 0 Å². The van der Waals surface area contributed by atoms with Gasteiger partial charge in [-0.3, -0.25) is 0 Å². The quantitative estimate of drug-likeness (QED) is 0.814. The number of rotatable bonds is 5. The summed E-state index contributed by atoms with van der Waals surface area (Å²) in [5.74, 6) is 0.772. The van der Waals surface area contributed by atoms with E-state index in [1.165, 1.54) is 51.7 Å². The lowest BCUT2D eigenvalue weighted by molar-refractivity contribution is -0.0145. The first kappa shape index (κ1) is 14.3. The normalized spacial score (nSPS) is 34.7. The second-order valence-electron chi connectivity index (χ2n) is 6.07. The molecule has 0 radical (unpaired) electrons. The average molecular weight is 254 g/mol. The molecule has 3 heteroatoms. The van der Waals surface area contributed by atoms with E-state index in [-0.39, 0.29) is 0 Å². The van der Waals surface area contributed by atoms with Crippen LogP contribution in [0.4, 0.5) is 0 Å². The van der Waals surface area contributed by atoms with E-state index in [0.29, 0.717) is 6.10 Å². The van der Waals surface area contributed by atoms with Crippen LogP contribution in [0.5, 0.6) is 0 Å². The van der Waals surface area contributed by atoms with Crippen LogP contribution >= 0.6 is 0 Å². The first-order valence-corrected chi connectivity index (χ1v) is 7.87. The maximum Gasteiger partial charge on any atom is 0.0702 e. The number of piperidine rings is 1. The van der Waals surface area contributed by atoms with Crippen molar-refractivity contribution in [3.05, 3.63) is 0 Å². The number of ether oxygens (including phenoxy) is 1. The zero-order valence-electron chi connectivity index (χ0n) is 12.2. The van der Waals surface area contributed by atoms with Gasteiger partial charge in [0, 0.05) is 25.7 Å². The average Bonchev–Trinajstić information content (AvgIpc) is 2.39. The van der Waals surface area contributed by atoms with Gasteiger partial charge in [-0.05, 0) is 51.1 Å². The molecule has 106 valence electrons. The molecule has 0 bridgehead atoms. The topological polar surface area (TPSA) is 24.5 Å². The van der Waals surface area contributed by atoms with Crippen molar-refractivity contribution in [3.8, 4) is 0 Å². The van der Waals surface area contributed by atoms with E-state index >= 15 is 0 Å². The monoisotopic (exact) mass is 254 g/mol. The van der Waals surface area contributed by atoms with E-state index in [1.807, 2.05) is 0 Å². The minimum Gasteiger partial charge on any atom is -0.377 e. The van der Waals surface area contributed by atoms with Gasteiger partial charge in [0.15, 0.2) is 0 Å². The highest BCUT2D eigenvalue weighted by molar-refractivity contribution is 4.84. The number of hydrogen-bond acceptors (Lipinski definition) is 3. The van der Waals surface area contributed by atoms with Crippen LogP contribution in [-0.4, -0.2) is 49.8 Å². The molecule has 2 fully saturated rings. The van der Waals surface area contributed by atoms with Crippen molar-refractivity contribution in [2.24, 2.45) is 5.92 Å². The number of nitrogens with zero attached hydrogens (tertiary/aromatic N) is 1. The van der Waals surface area contributed by atoms with Gasteiger partial charge in [-0.15, -0.1) is 0 Å².